The first kappa shape index (κ1) is 13.3. The van der Waals surface area contributed by atoms with E-state index < -0.39 is 5.97 Å². The molecule has 4 nitrogen and oxygen atoms in total. The smallest absolute Gasteiger partial charge is 0.335 e. The molecule has 0 aliphatic heterocycles. The van der Waals surface area contributed by atoms with Crippen LogP contribution in [-0.4, -0.2) is 30.8 Å². The largest absolute Gasteiger partial charge is 0.478 e. The van der Waals surface area contributed by atoms with E-state index in [1.54, 1.807) is 24.3 Å². The van der Waals surface area contributed by atoms with Gasteiger partial charge < -0.3 is 15.2 Å². The number of hydrogen-bond donors (Lipinski definition) is 2. The van der Waals surface area contributed by atoms with Gasteiger partial charge in [-0.15, -0.1) is 0 Å². The van der Waals surface area contributed by atoms with Gasteiger partial charge in [0, 0.05) is 12.2 Å². The number of hydrogen-bond acceptors (Lipinski definition) is 3. The van der Waals surface area contributed by atoms with Crippen molar-refractivity contribution in [3.63, 3.8) is 0 Å². The molecule has 0 atom stereocenters. The van der Waals surface area contributed by atoms with Crippen LogP contribution in [0.5, 0.6) is 0 Å². The van der Waals surface area contributed by atoms with Crippen molar-refractivity contribution >= 4 is 11.7 Å². The Morgan fingerprint density at radius 1 is 1.41 bits per heavy atom. The summed E-state index contributed by atoms with van der Waals surface area (Å²) in [6.07, 6.45) is 0. The van der Waals surface area contributed by atoms with Crippen LogP contribution in [0.4, 0.5) is 5.69 Å². The van der Waals surface area contributed by atoms with E-state index in [1.165, 1.54) is 0 Å². The molecule has 0 heterocycles. The number of anilines is 1. The molecule has 0 bridgehead atoms. The molecule has 0 aliphatic carbocycles. The normalized spacial score (nSPS) is 9.94. The van der Waals surface area contributed by atoms with Gasteiger partial charge in [-0.25, -0.2) is 4.79 Å². The zero-order chi connectivity index (χ0) is 12.7. The van der Waals surface area contributed by atoms with E-state index in [0.717, 1.165) is 11.3 Å². The summed E-state index contributed by atoms with van der Waals surface area (Å²) in [6.45, 7) is 7.49. The summed E-state index contributed by atoms with van der Waals surface area (Å²) in [5.74, 6) is -0.915. The highest BCUT2D eigenvalue weighted by Gasteiger charge is 2.00. The lowest BCUT2D eigenvalue weighted by molar-refractivity contribution is 0.0697. The minimum atomic E-state index is -0.915. The summed E-state index contributed by atoms with van der Waals surface area (Å²) in [6, 6.07) is 6.61. The molecule has 0 radical (unpaired) electrons. The lowest BCUT2D eigenvalue weighted by atomic mass is 10.2. The number of carboxylic acids is 1. The Balaban J connectivity index is 2.27. The number of rotatable bonds is 7. The van der Waals surface area contributed by atoms with Crippen LogP contribution in [-0.2, 0) is 4.74 Å². The van der Waals surface area contributed by atoms with Crippen LogP contribution < -0.4 is 5.32 Å². The summed E-state index contributed by atoms with van der Waals surface area (Å²) < 4.78 is 5.32. The van der Waals surface area contributed by atoms with Gasteiger partial charge in [0.25, 0.3) is 0 Å². The maximum Gasteiger partial charge on any atom is 0.335 e. The van der Waals surface area contributed by atoms with E-state index in [1.807, 2.05) is 6.92 Å². The van der Waals surface area contributed by atoms with E-state index in [-0.39, 0.29) is 5.56 Å². The molecule has 1 aromatic carbocycles. The number of aromatic carboxylic acids is 1. The molecule has 17 heavy (non-hydrogen) atoms. The molecule has 1 aromatic rings. The van der Waals surface area contributed by atoms with Gasteiger partial charge in [0.2, 0.25) is 0 Å². The molecule has 0 amide bonds. The molecule has 0 spiro atoms. The van der Waals surface area contributed by atoms with Gasteiger partial charge in [-0.05, 0) is 31.2 Å². The topological polar surface area (TPSA) is 58.6 Å². The molecule has 0 saturated carbocycles. The van der Waals surface area contributed by atoms with E-state index in [2.05, 4.69) is 11.9 Å². The van der Waals surface area contributed by atoms with E-state index in [9.17, 15) is 4.79 Å². The van der Waals surface area contributed by atoms with Crippen molar-refractivity contribution in [3.05, 3.63) is 42.0 Å². The van der Waals surface area contributed by atoms with Crippen LogP contribution in [0.25, 0.3) is 0 Å². The Morgan fingerprint density at radius 3 is 2.59 bits per heavy atom. The predicted molar refractivity (Wildman–Crippen MR) is 67.5 cm³/mol. The third-order valence-electron chi connectivity index (χ3n) is 2.06. The number of carboxylic acid groups (broad SMARTS) is 1. The van der Waals surface area contributed by atoms with Gasteiger partial charge in [-0.2, -0.15) is 0 Å². The van der Waals surface area contributed by atoms with Crippen LogP contribution in [0.1, 0.15) is 17.3 Å². The minimum Gasteiger partial charge on any atom is -0.478 e. The molecule has 4 heteroatoms. The highest BCUT2D eigenvalue weighted by Crippen LogP contribution is 2.08. The Labute approximate surface area is 101 Å². The van der Waals surface area contributed by atoms with Gasteiger partial charge in [-0.1, -0.05) is 12.2 Å². The first-order chi connectivity index (χ1) is 8.09. The maximum absolute atomic E-state index is 10.6. The molecule has 0 saturated heterocycles. The lowest BCUT2D eigenvalue weighted by Crippen LogP contribution is -2.10. The van der Waals surface area contributed by atoms with Crippen molar-refractivity contribution in [2.24, 2.45) is 0 Å². The van der Waals surface area contributed by atoms with E-state index in [4.69, 9.17) is 9.84 Å². The van der Waals surface area contributed by atoms with Gasteiger partial charge in [0.1, 0.15) is 0 Å². The molecule has 0 aliphatic rings. The van der Waals surface area contributed by atoms with Crippen LogP contribution in [0, 0.1) is 0 Å². The maximum atomic E-state index is 10.6. The standard InChI is InChI=1S/C13H17NO3/c1-10(2)9-17-8-7-14-12-5-3-11(4-6-12)13(15)16/h3-6,14H,1,7-9H2,2H3,(H,15,16). The molecule has 1 rings (SSSR count). The summed E-state index contributed by atoms with van der Waals surface area (Å²) >= 11 is 0. The van der Waals surface area contributed by atoms with E-state index in [0.29, 0.717) is 19.8 Å². The van der Waals surface area contributed by atoms with Crippen molar-refractivity contribution in [2.45, 2.75) is 6.92 Å². The Hall–Kier alpha value is -1.81. The first-order valence-electron chi connectivity index (χ1n) is 5.39. The van der Waals surface area contributed by atoms with Crippen molar-refractivity contribution < 1.29 is 14.6 Å². The van der Waals surface area contributed by atoms with Gasteiger partial charge in [0.05, 0.1) is 18.8 Å². The van der Waals surface area contributed by atoms with Gasteiger partial charge in [0.15, 0.2) is 0 Å². The second-order valence-electron chi connectivity index (χ2n) is 3.82. The Morgan fingerprint density at radius 2 is 2.06 bits per heavy atom. The predicted octanol–water partition coefficient (Wildman–Crippen LogP) is 2.39. The van der Waals surface area contributed by atoms with Crippen molar-refractivity contribution in [1.82, 2.24) is 0 Å². The molecule has 0 aromatic heterocycles. The van der Waals surface area contributed by atoms with Crippen molar-refractivity contribution in [2.75, 3.05) is 25.1 Å². The first-order valence-corrected chi connectivity index (χ1v) is 5.39. The fourth-order valence-electron chi connectivity index (χ4n) is 1.24. The van der Waals surface area contributed by atoms with Crippen LogP contribution in [0.3, 0.4) is 0 Å². The third-order valence-corrected chi connectivity index (χ3v) is 2.06. The lowest BCUT2D eigenvalue weighted by Gasteiger charge is -2.07. The molecular weight excluding hydrogens is 218 g/mol. The molecule has 92 valence electrons. The Bertz CT molecular complexity index is 384. The van der Waals surface area contributed by atoms with Crippen LogP contribution in [0.2, 0.25) is 0 Å². The summed E-state index contributed by atoms with van der Waals surface area (Å²) in [7, 11) is 0. The Kier molecular flexibility index (Phi) is 5.23. The number of nitrogens with one attached hydrogen (secondary N) is 1. The van der Waals surface area contributed by atoms with Crippen molar-refractivity contribution in [1.29, 1.82) is 0 Å². The number of carbonyl (C=O) groups is 1. The quantitative estimate of drug-likeness (QED) is 0.562. The second kappa shape index (κ2) is 6.70. The zero-order valence-electron chi connectivity index (χ0n) is 9.90. The minimum absolute atomic E-state index is 0.286. The average Bonchev–Trinajstić information content (AvgIpc) is 2.29. The highest BCUT2D eigenvalue weighted by molar-refractivity contribution is 5.87. The fourth-order valence-corrected chi connectivity index (χ4v) is 1.24. The zero-order valence-corrected chi connectivity index (χ0v) is 9.90. The third kappa shape index (κ3) is 5.17. The van der Waals surface area contributed by atoms with Crippen LogP contribution in [0.15, 0.2) is 36.4 Å². The fraction of sp³-hybridized carbons (Fsp3) is 0.308. The number of ether oxygens (including phenoxy) is 1. The second-order valence-corrected chi connectivity index (χ2v) is 3.82. The molecule has 2 N–H and O–H groups in total. The summed E-state index contributed by atoms with van der Waals surface area (Å²) in [4.78, 5) is 10.6. The average molecular weight is 235 g/mol. The highest BCUT2D eigenvalue weighted by atomic mass is 16.5. The van der Waals surface area contributed by atoms with Gasteiger partial charge in [-0.3, -0.25) is 0 Å². The molecule has 0 unspecified atom stereocenters. The van der Waals surface area contributed by atoms with E-state index >= 15 is 0 Å². The SMILES string of the molecule is C=C(C)COCCNc1ccc(C(=O)O)cc1. The summed E-state index contributed by atoms with van der Waals surface area (Å²) in [5.41, 5.74) is 2.17. The molecular formula is C13H17NO3. The number of benzene rings is 1. The van der Waals surface area contributed by atoms with Crippen LogP contribution >= 0.6 is 0 Å². The molecule has 0 fully saturated rings. The monoisotopic (exact) mass is 235 g/mol. The summed E-state index contributed by atoms with van der Waals surface area (Å²) in [5, 5.41) is 11.9. The van der Waals surface area contributed by atoms with Gasteiger partial charge >= 0.3 is 5.97 Å². The van der Waals surface area contributed by atoms with Crippen molar-refractivity contribution in [3.8, 4) is 0 Å².